The third-order valence-corrected chi connectivity index (χ3v) is 4.81. The second-order valence-corrected chi connectivity index (χ2v) is 8.34. The molecule has 0 radical (unpaired) electrons. The Morgan fingerprint density at radius 1 is 1.32 bits per heavy atom. The summed E-state index contributed by atoms with van der Waals surface area (Å²) >= 11 is 1.13. The SMILES string of the molecule is C[C@H](OC(=O)[C@@H]1CCCN1C(=O)OC(C)(C)C)C(=O)Nc1sccc1C(N)=O. The summed E-state index contributed by atoms with van der Waals surface area (Å²) in [4.78, 5) is 49.7. The summed E-state index contributed by atoms with van der Waals surface area (Å²) in [6, 6.07) is 0.698. The number of nitrogens with two attached hydrogens (primary N) is 1. The lowest BCUT2D eigenvalue weighted by molar-refractivity contribution is -0.157. The molecule has 1 aromatic heterocycles. The van der Waals surface area contributed by atoms with Gasteiger partial charge in [-0.15, -0.1) is 11.3 Å². The fourth-order valence-corrected chi connectivity index (χ4v) is 3.47. The molecule has 0 aliphatic carbocycles. The van der Waals surface area contributed by atoms with E-state index in [2.05, 4.69) is 5.32 Å². The molecule has 10 heteroatoms. The molecule has 1 fully saturated rings. The van der Waals surface area contributed by atoms with E-state index in [1.54, 1.807) is 26.2 Å². The van der Waals surface area contributed by atoms with Crippen LogP contribution in [0.3, 0.4) is 0 Å². The number of thiophene rings is 1. The number of hydrogen-bond acceptors (Lipinski definition) is 7. The van der Waals surface area contributed by atoms with Crippen molar-refractivity contribution in [3.63, 3.8) is 0 Å². The van der Waals surface area contributed by atoms with Crippen molar-refractivity contribution in [2.24, 2.45) is 5.73 Å². The molecular weight excluding hydrogens is 386 g/mol. The predicted molar refractivity (Wildman–Crippen MR) is 103 cm³/mol. The lowest BCUT2D eigenvalue weighted by atomic mass is 10.2. The number of likely N-dealkylation sites (tertiary alicyclic amines) is 1. The number of hydrogen-bond donors (Lipinski definition) is 2. The summed E-state index contributed by atoms with van der Waals surface area (Å²) in [7, 11) is 0. The molecule has 1 aliphatic heterocycles. The van der Waals surface area contributed by atoms with Crippen LogP contribution in [-0.2, 0) is 19.1 Å². The van der Waals surface area contributed by atoms with E-state index in [0.717, 1.165) is 11.3 Å². The first-order chi connectivity index (χ1) is 13.0. The Labute approximate surface area is 167 Å². The third-order valence-electron chi connectivity index (χ3n) is 3.98. The minimum atomic E-state index is -1.11. The molecular formula is C18H25N3O6S. The van der Waals surface area contributed by atoms with Gasteiger partial charge in [-0.2, -0.15) is 0 Å². The Hall–Kier alpha value is -2.62. The number of nitrogens with one attached hydrogen (secondary N) is 1. The van der Waals surface area contributed by atoms with Crippen molar-refractivity contribution in [1.82, 2.24) is 4.90 Å². The maximum Gasteiger partial charge on any atom is 0.411 e. The van der Waals surface area contributed by atoms with Crippen molar-refractivity contribution in [1.29, 1.82) is 0 Å². The van der Waals surface area contributed by atoms with E-state index in [1.165, 1.54) is 17.9 Å². The van der Waals surface area contributed by atoms with Crippen LogP contribution in [0, 0.1) is 0 Å². The first-order valence-corrected chi connectivity index (χ1v) is 9.76. The van der Waals surface area contributed by atoms with Crippen molar-refractivity contribution < 1.29 is 28.7 Å². The van der Waals surface area contributed by atoms with Crippen LogP contribution in [0.1, 0.15) is 50.9 Å². The Kier molecular flexibility index (Phi) is 6.65. The van der Waals surface area contributed by atoms with Gasteiger partial charge in [0.05, 0.1) is 5.56 Å². The molecule has 154 valence electrons. The van der Waals surface area contributed by atoms with Crippen molar-refractivity contribution in [3.8, 4) is 0 Å². The van der Waals surface area contributed by atoms with Crippen molar-refractivity contribution in [3.05, 3.63) is 17.0 Å². The Bertz CT molecular complexity index is 770. The number of ether oxygens (including phenoxy) is 2. The molecule has 9 nitrogen and oxygen atoms in total. The number of rotatable bonds is 5. The van der Waals surface area contributed by atoms with Gasteiger partial charge in [-0.1, -0.05) is 0 Å². The zero-order chi connectivity index (χ0) is 21.1. The molecule has 1 saturated heterocycles. The Morgan fingerprint density at radius 3 is 2.61 bits per heavy atom. The van der Waals surface area contributed by atoms with Gasteiger partial charge in [-0.25, -0.2) is 9.59 Å². The molecule has 0 saturated carbocycles. The van der Waals surface area contributed by atoms with Crippen molar-refractivity contribution in [2.75, 3.05) is 11.9 Å². The Morgan fingerprint density at radius 2 is 2.00 bits per heavy atom. The van der Waals surface area contributed by atoms with Crippen LogP contribution in [0.15, 0.2) is 11.4 Å². The smallest absolute Gasteiger partial charge is 0.411 e. The zero-order valence-electron chi connectivity index (χ0n) is 16.3. The normalized spacial score (nSPS) is 17.7. The Balaban J connectivity index is 1.97. The van der Waals surface area contributed by atoms with E-state index in [-0.39, 0.29) is 10.6 Å². The lowest BCUT2D eigenvalue weighted by Crippen LogP contribution is -2.45. The number of carbonyl (C=O) groups excluding carboxylic acids is 4. The van der Waals surface area contributed by atoms with E-state index >= 15 is 0 Å². The maximum atomic E-state index is 12.5. The summed E-state index contributed by atoms with van der Waals surface area (Å²) < 4.78 is 10.6. The summed E-state index contributed by atoms with van der Waals surface area (Å²) in [6.45, 7) is 7.02. The van der Waals surface area contributed by atoms with Crippen LogP contribution in [-0.4, -0.2) is 53.1 Å². The third kappa shape index (κ3) is 5.44. The van der Waals surface area contributed by atoms with E-state index in [0.29, 0.717) is 19.4 Å². The highest BCUT2D eigenvalue weighted by molar-refractivity contribution is 7.14. The fraction of sp³-hybridized carbons (Fsp3) is 0.556. The average Bonchev–Trinajstić information content (AvgIpc) is 3.22. The molecule has 1 aliphatic rings. The molecule has 2 atom stereocenters. The number of carbonyl (C=O) groups is 4. The minimum absolute atomic E-state index is 0.184. The highest BCUT2D eigenvalue weighted by Gasteiger charge is 2.38. The maximum absolute atomic E-state index is 12.5. The standard InChI is InChI=1S/C18H25N3O6S/c1-10(14(23)20-15-11(13(19)22)7-9-28-15)26-16(24)12-6-5-8-21(12)17(25)27-18(2,3)4/h7,9-10,12H,5-6,8H2,1-4H3,(H2,19,22)(H,20,23)/t10-,12-/m0/s1. The van der Waals surface area contributed by atoms with Crippen LogP contribution in [0.2, 0.25) is 0 Å². The van der Waals surface area contributed by atoms with Gasteiger partial charge >= 0.3 is 12.1 Å². The first kappa shape index (κ1) is 21.7. The number of amides is 3. The summed E-state index contributed by atoms with van der Waals surface area (Å²) in [5.74, 6) is -1.94. The second kappa shape index (κ2) is 8.59. The van der Waals surface area contributed by atoms with Crippen LogP contribution >= 0.6 is 11.3 Å². The predicted octanol–water partition coefficient (Wildman–Crippen LogP) is 2.12. The van der Waals surface area contributed by atoms with Gasteiger partial charge in [0.1, 0.15) is 16.6 Å². The molecule has 3 N–H and O–H groups in total. The lowest BCUT2D eigenvalue weighted by Gasteiger charge is -2.28. The van der Waals surface area contributed by atoms with Gasteiger partial charge in [-0.05, 0) is 52.0 Å². The highest BCUT2D eigenvalue weighted by Crippen LogP contribution is 2.24. The molecule has 3 amide bonds. The summed E-state index contributed by atoms with van der Waals surface area (Å²) in [6.07, 6.45) is -0.634. The molecule has 2 heterocycles. The van der Waals surface area contributed by atoms with Crippen LogP contribution in [0.25, 0.3) is 0 Å². The van der Waals surface area contributed by atoms with Gasteiger partial charge in [-0.3, -0.25) is 14.5 Å². The molecule has 0 unspecified atom stereocenters. The number of nitrogens with zero attached hydrogens (tertiary/aromatic N) is 1. The molecule has 0 bridgehead atoms. The van der Waals surface area contributed by atoms with Gasteiger partial charge in [0.2, 0.25) is 0 Å². The van der Waals surface area contributed by atoms with Gasteiger partial charge in [0.25, 0.3) is 11.8 Å². The average molecular weight is 411 g/mol. The minimum Gasteiger partial charge on any atom is -0.451 e. The van der Waals surface area contributed by atoms with Crippen molar-refractivity contribution in [2.45, 2.75) is 58.3 Å². The molecule has 1 aromatic rings. The fourth-order valence-electron chi connectivity index (χ4n) is 2.67. The zero-order valence-corrected chi connectivity index (χ0v) is 17.1. The molecule has 2 rings (SSSR count). The summed E-state index contributed by atoms with van der Waals surface area (Å²) in [5, 5.41) is 4.43. The van der Waals surface area contributed by atoms with E-state index in [9.17, 15) is 19.2 Å². The second-order valence-electron chi connectivity index (χ2n) is 7.43. The van der Waals surface area contributed by atoms with Crippen LogP contribution in [0.4, 0.5) is 9.80 Å². The van der Waals surface area contributed by atoms with Crippen LogP contribution in [0.5, 0.6) is 0 Å². The quantitative estimate of drug-likeness (QED) is 0.714. The molecule has 0 spiro atoms. The molecule has 0 aromatic carbocycles. The van der Waals surface area contributed by atoms with Gasteiger partial charge in [0, 0.05) is 6.54 Å². The topological polar surface area (TPSA) is 128 Å². The number of anilines is 1. The molecule has 28 heavy (non-hydrogen) atoms. The number of esters is 1. The van der Waals surface area contributed by atoms with Gasteiger partial charge < -0.3 is 20.5 Å². The van der Waals surface area contributed by atoms with Crippen molar-refractivity contribution >= 4 is 40.2 Å². The summed E-state index contributed by atoms with van der Waals surface area (Å²) in [5.41, 5.74) is 4.75. The van der Waals surface area contributed by atoms with E-state index in [4.69, 9.17) is 15.2 Å². The monoisotopic (exact) mass is 411 g/mol. The van der Waals surface area contributed by atoms with Gasteiger partial charge in [0.15, 0.2) is 6.10 Å². The van der Waals surface area contributed by atoms with E-state index in [1.807, 2.05) is 0 Å². The number of primary amides is 1. The van der Waals surface area contributed by atoms with Crippen LogP contribution < -0.4 is 11.1 Å². The largest absolute Gasteiger partial charge is 0.451 e. The van der Waals surface area contributed by atoms with E-state index < -0.39 is 41.6 Å². The first-order valence-electron chi connectivity index (χ1n) is 8.88. The highest BCUT2D eigenvalue weighted by atomic mass is 32.1.